The van der Waals surface area contributed by atoms with Gasteiger partial charge in [0.05, 0.1) is 18.2 Å². The van der Waals surface area contributed by atoms with E-state index in [2.05, 4.69) is 55.6 Å². The number of aryl methyl sites for hydroxylation is 1. The number of nitrogens with zero attached hydrogens (tertiary/aromatic N) is 2. The number of rotatable bonds is 9. The molecule has 0 aliphatic heterocycles. The zero-order valence-electron chi connectivity index (χ0n) is 22.4. The number of amides is 1. The molecule has 198 valence electrons. The molecule has 8 heteroatoms. The number of carbonyl (C=O) groups is 1. The summed E-state index contributed by atoms with van der Waals surface area (Å²) in [5, 5.41) is 15.2. The molecule has 3 aromatic rings. The van der Waals surface area contributed by atoms with Crippen LogP contribution in [0.25, 0.3) is 0 Å². The Bertz CT molecular complexity index is 1360. The molecule has 0 heterocycles. The van der Waals surface area contributed by atoms with Gasteiger partial charge in [0, 0.05) is 23.1 Å². The highest BCUT2D eigenvalue weighted by atomic mass is 16.6. The van der Waals surface area contributed by atoms with Crippen LogP contribution in [-0.2, 0) is 16.8 Å². The fourth-order valence-electron chi connectivity index (χ4n) is 4.41. The maximum atomic E-state index is 12.6. The van der Waals surface area contributed by atoms with Crippen molar-refractivity contribution < 1.29 is 19.2 Å². The number of hydrogen-bond donors (Lipinski definition) is 1. The van der Waals surface area contributed by atoms with Crippen LogP contribution in [0, 0.1) is 23.0 Å². The summed E-state index contributed by atoms with van der Waals surface area (Å²) in [5.74, 6) is 1.23. The molecule has 0 radical (unpaired) electrons. The molecule has 1 N–H and O–H groups in total. The molecule has 3 aromatic carbocycles. The van der Waals surface area contributed by atoms with Gasteiger partial charge in [-0.2, -0.15) is 5.10 Å². The predicted octanol–water partition coefficient (Wildman–Crippen LogP) is 6.04. The third kappa shape index (κ3) is 6.37. The van der Waals surface area contributed by atoms with Gasteiger partial charge < -0.3 is 9.47 Å². The van der Waals surface area contributed by atoms with E-state index < -0.39 is 4.92 Å². The largest absolute Gasteiger partial charge is 0.496 e. The molecule has 0 saturated heterocycles. The van der Waals surface area contributed by atoms with Gasteiger partial charge in [-0.25, -0.2) is 5.43 Å². The van der Waals surface area contributed by atoms with Crippen molar-refractivity contribution in [1.29, 1.82) is 0 Å². The van der Waals surface area contributed by atoms with Crippen LogP contribution >= 0.6 is 0 Å². The van der Waals surface area contributed by atoms with E-state index in [4.69, 9.17) is 9.47 Å². The van der Waals surface area contributed by atoms with Gasteiger partial charge in [0.25, 0.3) is 5.69 Å². The van der Waals surface area contributed by atoms with Crippen LogP contribution in [0.3, 0.4) is 0 Å². The quantitative estimate of drug-likeness (QED) is 0.213. The van der Waals surface area contributed by atoms with E-state index in [-0.39, 0.29) is 35.5 Å². The molecule has 1 amide bonds. The second-order valence-corrected chi connectivity index (χ2v) is 10.6. The Hall–Kier alpha value is -4.20. The highest BCUT2D eigenvalue weighted by Crippen LogP contribution is 2.47. The fraction of sp³-hybridized carbons (Fsp3) is 0.333. The fourth-order valence-corrected chi connectivity index (χ4v) is 4.41. The summed E-state index contributed by atoms with van der Waals surface area (Å²) >= 11 is 0. The Morgan fingerprint density at radius 3 is 2.50 bits per heavy atom. The topological polar surface area (TPSA) is 103 Å². The highest BCUT2D eigenvalue weighted by Gasteiger charge is 2.44. The number of benzene rings is 3. The number of nitrogens with one attached hydrogen (secondary N) is 1. The van der Waals surface area contributed by atoms with Crippen LogP contribution in [0.4, 0.5) is 5.69 Å². The summed E-state index contributed by atoms with van der Waals surface area (Å²) in [7, 11) is 1.57. The first kappa shape index (κ1) is 26.9. The average molecular weight is 516 g/mol. The zero-order valence-corrected chi connectivity index (χ0v) is 22.4. The summed E-state index contributed by atoms with van der Waals surface area (Å²) in [5.41, 5.74) is 7.35. The van der Waals surface area contributed by atoms with Crippen molar-refractivity contribution in [2.45, 2.75) is 52.1 Å². The van der Waals surface area contributed by atoms with Gasteiger partial charge in [-0.3, -0.25) is 14.9 Å². The van der Waals surface area contributed by atoms with E-state index in [9.17, 15) is 14.9 Å². The molecular weight excluding hydrogens is 482 g/mol. The van der Waals surface area contributed by atoms with Crippen LogP contribution in [0.2, 0.25) is 0 Å². The van der Waals surface area contributed by atoms with E-state index in [0.29, 0.717) is 17.1 Å². The van der Waals surface area contributed by atoms with Gasteiger partial charge in [-0.05, 0) is 71.7 Å². The van der Waals surface area contributed by atoms with Crippen LogP contribution in [0.15, 0.2) is 65.8 Å². The molecule has 1 aliphatic carbocycles. The van der Waals surface area contributed by atoms with Crippen molar-refractivity contribution in [3.8, 4) is 11.5 Å². The number of carbonyl (C=O) groups excluding carboxylic acids is 1. The van der Waals surface area contributed by atoms with Gasteiger partial charge in [0.2, 0.25) is 5.91 Å². The molecule has 1 aliphatic rings. The number of nitro groups is 1. The van der Waals surface area contributed by atoms with Crippen molar-refractivity contribution >= 4 is 17.8 Å². The van der Waals surface area contributed by atoms with Crippen molar-refractivity contribution in [1.82, 2.24) is 5.43 Å². The SMILES string of the molecule is COc1ccc(/C=N/NC(=O)[C@H]2C[C@@H]2c2ccc(C(C)(C)C)cc2)cc1COc1ccc([N+](=O)[O-])c(C)c1. The van der Waals surface area contributed by atoms with Crippen LogP contribution < -0.4 is 14.9 Å². The predicted molar refractivity (Wildman–Crippen MR) is 147 cm³/mol. The maximum absolute atomic E-state index is 12.6. The van der Waals surface area contributed by atoms with E-state index >= 15 is 0 Å². The molecular formula is C30H33N3O5. The van der Waals surface area contributed by atoms with Gasteiger partial charge >= 0.3 is 0 Å². The minimum absolute atomic E-state index is 0.0474. The molecule has 0 unspecified atom stereocenters. The first-order valence-electron chi connectivity index (χ1n) is 12.5. The van der Waals surface area contributed by atoms with Gasteiger partial charge in [0.15, 0.2) is 0 Å². The Balaban J connectivity index is 1.34. The first-order chi connectivity index (χ1) is 18.1. The van der Waals surface area contributed by atoms with E-state index in [1.54, 1.807) is 38.4 Å². The molecule has 1 saturated carbocycles. The normalized spacial score (nSPS) is 16.8. The number of methoxy groups -OCH3 is 1. The standard InChI is InChI=1S/C30H33N3O5/c1-19-14-24(11-12-27(19)33(35)36)38-18-22-15-20(6-13-28(22)37-5)17-31-32-29(34)26-16-25(26)21-7-9-23(10-8-21)30(2,3)4/h6-15,17,25-26H,16,18H2,1-5H3,(H,32,34)/b31-17+/t25-,26+/m1/s1. The minimum Gasteiger partial charge on any atom is -0.496 e. The molecule has 0 bridgehead atoms. The maximum Gasteiger partial charge on any atom is 0.272 e. The molecule has 2 atom stereocenters. The van der Waals surface area contributed by atoms with Crippen molar-refractivity contribution in [3.63, 3.8) is 0 Å². The molecule has 1 fully saturated rings. The zero-order chi connectivity index (χ0) is 27.4. The van der Waals surface area contributed by atoms with Crippen LogP contribution in [0.5, 0.6) is 11.5 Å². The Morgan fingerprint density at radius 2 is 1.87 bits per heavy atom. The van der Waals surface area contributed by atoms with E-state index in [0.717, 1.165) is 17.5 Å². The van der Waals surface area contributed by atoms with Crippen LogP contribution in [-0.4, -0.2) is 24.2 Å². The summed E-state index contributed by atoms with van der Waals surface area (Å²) in [4.78, 5) is 23.2. The van der Waals surface area contributed by atoms with Crippen LogP contribution in [0.1, 0.15) is 60.9 Å². The molecule has 8 nitrogen and oxygen atoms in total. The Kier molecular flexibility index (Phi) is 7.80. The molecule has 4 rings (SSSR count). The first-order valence-corrected chi connectivity index (χ1v) is 12.5. The Morgan fingerprint density at radius 1 is 1.13 bits per heavy atom. The summed E-state index contributed by atoms with van der Waals surface area (Å²) in [6.45, 7) is 8.43. The third-order valence-corrected chi connectivity index (χ3v) is 6.78. The van der Waals surface area contributed by atoms with E-state index in [1.807, 2.05) is 12.1 Å². The van der Waals surface area contributed by atoms with Gasteiger partial charge in [0.1, 0.15) is 18.1 Å². The third-order valence-electron chi connectivity index (χ3n) is 6.78. The lowest BCUT2D eigenvalue weighted by Gasteiger charge is -2.19. The summed E-state index contributed by atoms with van der Waals surface area (Å²) in [6.07, 6.45) is 2.41. The smallest absolute Gasteiger partial charge is 0.272 e. The summed E-state index contributed by atoms with van der Waals surface area (Å²) < 4.78 is 11.3. The lowest BCUT2D eigenvalue weighted by Crippen LogP contribution is -2.20. The lowest BCUT2D eigenvalue weighted by atomic mass is 9.86. The minimum atomic E-state index is -0.419. The monoisotopic (exact) mass is 515 g/mol. The second kappa shape index (κ2) is 11.0. The van der Waals surface area contributed by atoms with Crippen molar-refractivity contribution in [3.05, 3.63) is 98.6 Å². The van der Waals surface area contributed by atoms with Crippen molar-refractivity contribution in [2.24, 2.45) is 11.0 Å². The highest BCUT2D eigenvalue weighted by molar-refractivity contribution is 5.85. The lowest BCUT2D eigenvalue weighted by molar-refractivity contribution is -0.385. The Labute approximate surface area is 222 Å². The molecule has 38 heavy (non-hydrogen) atoms. The number of hydrogen-bond acceptors (Lipinski definition) is 6. The summed E-state index contributed by atoms with van der Waals surface area (Å²) in [6, 6.07) is 18.7. The van der Waals surface area contributed by atoms with Gasteiger partial charge in [-0.1, -0.05) is 45.0 Å². The molecule has 0 spiro atoms. The number of ether oxygens (including phenoxy) is 2. The van der Waals surface area contributed by atoms with E-state index in [1.165, 1.54) is 17.2 Å². The number of hydrazone groups is 1. The van der Waals surface area contributed by atoms with Crippen molar-refractivity contribution in [2.75, 3.05) is 7.11 Å². The van der Waals surface area contributed by atoms with Gasteiger partial charge in [-0.15, -0.1) is 0 Å². The average Bonchev–Trinajstić information content (AvgIpc) is 3.68. The second-order valence-electron chi connectivity index (χ2n) is 10.6. The molecule has 0 aromatic heterocycles. The number of nitro benzene ring substituents is 1.